The smallest absolute Gasteiger partial charge is 0.419 e. The number of hydrogen-bond acceptors (Lipinski definition) is 4. The lowest BCUT2D eigenvalue weighted by Gasteiger charge is -2.15. The van der Waals surface area contributed by atoms with Crippen molar-refractivity contribution in [3.63, 3.8) is 0 Å². The monoisotopic (exact) mass is 414 g/mol. The molecule has 0 spiro atoms. The quantitative estimate of drug-likeness (QED) is 0.620. The summed E-state index contributed by atoms with van der Waals surface area (Å²) in [6, 6.07) is 7.95. The molecule has 1 N–H and O–H groups in total. The van der Waals surface area contributed by atoms with Crippen molar-refractivity contribution in [2.45, 2.75) is 18.0 Å². The SMILES string of the molecule is CCOc1ccc(S(=O)(=O)Nc2cccc(C(F)(F)F)c2F)c2cccnc12. The van der Waals surface area contributed by atoms with Crippen LogP contribution < -0.4 is 9.46 Å². The molecule has 3 aromatic rings. The van der Waals surface area contributed by atoms with Crippen LogP contribution in [0, 0.1) is 5.82 Å². The maximum Gasteiger partial charge on any atom is 0.419 e. The van der Waals surface area contributed by atoms with Gasteiger partial charge in [-0.15, -0.1) is 0 Å². The highest BCUT2D eigenvalue weighted by Gasteiger charge is 2.35. The number of fused-ring (bicyclic) bond motifs is 1. The van der Waals surface area contributed by atoms with Gasteiger partial charge < -0.3 is 4.74 Å². The molecule has 0 bridgehead atoms. The van der Waals surface area contributed by atoms with Crippen molar-refractivity contribution in [3.05, 3.63) is 60.0 Å². The fraction of sp³-hybridized carbons (Fsp3) is 0.167. The molecular formula is C18H14F4N2O3S. The molecule has 0 atom stereocenters. The first-order valence-electron chi connectivity index (χ1n) is 8.04. The van der Waals surface area contributed by atoms with E-state index in [-0.39, 0.29) is 15.8 Å². The Morgan fingerprint density at radius 1 is 1.11 bits per heavy atom. The lowest BCUT2D eigenvalue weighted by molar-refractivity contribution is -0.139. The second kappa shape index (κ2) is 7.27. The number of aromatic nitrogens is 1. The van der Waals surface area contributed by atoms with Crippen molar-refractivity contribution < 1.29 is 30.7 Å². The summed E-state index contributed by atoms with van der Waals surface area (Å²) in [7, 11) is -4.41. The van der Waals surface area contributed by atoms with Crippen LogP contribution >= 0.6 is 0 Å². The molecule has 0 fully saturated rings. The van der Waals surface area contributed by atoms with E-state index < -0.39 is 33.3 Å². The van der Waals surface area contributed by atoms with Gasteiger partial charge in [0.1, 0.15) is 11.3 Å². The summed E-state index contributed by atoms with van der Waals surface area (Å²) in [5.41, 5.74) is -2.11. The van der Waals surface area contributed by atoms with E-state index in [4.69, 9.17) is 4.74 Å². The van der Waals surface area contributed by atoms with E-state index in [1.165, 1.54) is 30.5 Å². The lowest BCUT2D eigenvalue weighted by Crippen LogP contribution is -2.17. The van der Waals surface area contributed by atoms with E-state index in [9.17, 15) is 26.0 Å². The Kier molecular flexibility index (Phi) is 5.16. The van der Waals surface area contributed by atoms with Gasteiger partial charge in [0.2, 0.25) is 0 Å². The number of halogens is 4. The number of sulfonamides is 1. The standard InChI is InChI=1S/C18H14F4N2O3S/c1-2-27-14-8-9-15(11-5-4-10-23-17(11)14)28(25,26)24-13-7-3-6-12(16(13)19)18(20,21)22/h3-10,24H,2H2,1H3. The number of hydrogen-bond donors (Lipinski definition) is 1. The van der Waals surface area contributed by atoms with Crippen molar-refractivity contribution in [1.29, 1.82) is 0 Å². The second-order valence-electron chi connectivity index (χ2n) is 5.66. The molecule has 10 heteroatoms. The predicted molar refractivity (Wildman–Crippen MR) is 95.1 cm³/mol. The summed E-state index contributed by atoms with van der Waals surface area (Å²) < 4.78 is 85.7. The maximum atomic E-state index is 14.2. The van der Waals surface area contributed by atoms with Crippen molar-refractivity contribution in [3.8, 4) is 5.75 Å². The molecule has 28 heavy (non-hydrogen) atoms. The molecule has 0 saturated carbocycles. The third-order valence-electron chi connectivity index (χ3n) is 3.83. The Bertz CT molecular complexity index is 1130. The Labute approximate surface area is 158 Å². The zero-order chi connectivity index (χ0) is 20.5. The highest BCUT2D eigenvalue weighted by molar-refractivity contribution is 7.93. The third kappa shape index (κ3) is 3.72. The highest BCUT2D eigenvalue weighted by atomic mass is 32.2. The van der Waals surface area contributed by atoms with Crippen LogP contribution in [0.25, 0.3) is 10.9 Å². The van der Waals surface area contributed by atoms with Gasteiger partial charge in [0.25, 0.3) is 10.0 Å². The molecule has 1 aromatic heterocycles. The predicted octanol–water partition coefficient (Wildman–Crippen LogP) is 4.59. The number of nitrogens with zero attached hydrogens (tertiary/aromatic N) is 1. The van der Waals surface area contributed by atoms with Gasteiger partial charge in [-0.3, -0.25) is 9.71 Å². The average molecular weight is 414 g/mol. The minimum atomic E-state index is -4.96. The average Bonchev–Trinajstić information content (AvgIpc) is 2.62. The van der Waals surface area contributed by atoms with E-state index in [0.29, 0.717) is 18.4 Å². The number of benzene rings is 2. The summed E-state index contributed by atoms with van der Waals surface area (Å²) in [6.45, 7) is 2.07. The molecule has 0 unspecified atom stereocenters. The van der Waals surface area contributed by atoms with Crippen LogP contribution in [0.4, 0.5) is 23.2 Å². The summed E-state index contributed by atoms with van der Waals surface area (Å²) in [4.78, 5) is 3.84. The number of rotatable bonds is 5. The van der Waals surface area contributed by atoms with Gasteiger partial charge in [-0.2, -0.15) is 13.2 Å². The molecular weight excluding hydrogens is 400 g/mol. The van der Waals surface area contributed by atoms with Crippen molar-refractivity contribution in [2.75, 3.05) is 11.3 Å². The minimum absolute atomic E-state index is 0.188. The van der Waals surface area contributed by atoms with Crippen LogP contribution in [-0.4, -0.2) is 20.0 Å². The molecule has 0 saturated heterocycles. The molecule has 1 heterocycles. The lowest BCUT2D eigenvalue weighted by atomic mass is 10.2. The topological polar surface area (TPSA) is 68.3 Å². The van der Waals surface area contributed by atoms with E-state index >= 15 is 0 Å². The van der Waals surface area contributed by atoms with E-state index in [1.807, 2.05) is 4.72 Å². The fourth-order valence-electron chi connectivity index (χ4n) is 2.66. The van der Waals surface area contributed by atoms with Crippen LogP contribution in [0.5, 0.6) is 5.75 Å². The first-order valence-corrected chi connectivity index (χ1v) is 9.52. The van der Waals surface area contributed by atoms with E-state index in [2.05, 4.69) is 4.98 Å². The maximum absolute atomic E-state index is 14.2. The summed E-state index contributed by atoms with van der Waals surface area (Å²) in [6.07, 6.45) is -3.51. The Hall–Kier alpha value is -2.88. The van der Waals surface area contributed by atoms with E-state index in [1.54, 1.807) is 6.92 Å². The van der Waals surface area contributed by atoms with Crippen LogP contribution in [0.2, 0.25) is 0 Å². The Morgan fingerprint density at radius 2 is 1.86 bits per heavy atom. The van der Waals surface area contributed by atoms with Gasteiger partial charge in [0.15, 0.2) is 5.82 Å². The van der Waals surface area contributed by atoms with Gasteiger partial charge in [0.05, 0.1) is 22.8 Å². The molecule has 5 nitrogen and oxygen atoms in total. The van der Waals surface area contributed by atoms with Crippen molar-refractivity contribution in [1.82, 2.24) is 4.98 Å². The third-order valence-corrected chi connectivity index (χ3v) is 5.25. The summed E-state index contributed by atoms with van der Waals surface area (Å²) in [5, 5.41) is 0.188. The first-order chi connectivity index (χ1) is 13.1. The number of alkyl halides is 3. The zero-order valence-electron chi connectivity index (χ0n) is 14.4. The highest BCUT2D eigenvalue weighted by Crippen LogP contribution is 2.35. The van der Waals surface area contributed by atoms with Gasteiger partial charge >= 0.3 is 6.18 Å². The number of anilines is 1. The largest absolute Gasteiger partial charge is 0.492 e. The number of nitrogens with one attached hydrogen (secondary N) is 1. The zero-order valence-corrected chi connectivity index (χ0v) is 15.2. The minimum Gasteiger partial charge on any atom is -0.492 e. The van der Waals surface area contributed by atoms with Gasteiger partial charge in [-0.05, 0) is 43.3 Å². The van der Waals surface area contributed by atoms with Gasteiger partial charge in [-0.1, -0.05) is 6.07 Å². The van der Waals surface area contributed by atoms with Gasteiger partial charge in [-0.25, -0.2) is 12.8 Å². The van der Waals surface area contributed by atoms with Crippen molar-refractivity contribution in [2.24, 2.45) is 0 Å². The van der Waals surface area contributed by atoms with Crippen LogP contribution in [0.15, 0.2) is 53.6 Å². The molecule has 0 amide bonds. The van der Waals surface area contributed by atoms with Crippen molar-refractivity contribution >= 4 is 26.6 Å². The Morgan fingerprint density at radius 3 is 2.54 bits per heavy atom. The number of pyridine rings is 1. The second-order valence-corrected chi connectivity index (χ2v) is 7.32. The molecule has 0 aliphatic heterocycles. The fourth-order valence-corrected chi connectivity index (χ4v) is 3.91. The van der Waals surface area contributed by atoms with Gasteiger partial charge in [0, 0.05) is 11.6 Å². The van der Waals surface area contributed by atoms with Crippen LogP contribution in [0.1, 0.15) is 12.5 Å². The van der Waals surface area contributed by atoms with Crippen LogP contribution in [0.3, 0.4) is 0 Å². The first kappa shape index (κ1) is 19.9. The molecule has 148 valence electrons. The summed E-state index contributed by atoms with van der Waals surface area (Å²) in [5.74, 6) is -1.35. The molecule has 0 radical (unpaired) electrons. The van der Waals surface area contributed by atoms with E-state index in [0.717, 1.165) is 12.1 Å². The molecule has 3 rings (SSSR count). The molecule has 0 aliphatic rings. The number of ether oxygens (including phenoxy) is 1. The Balaban J connectivity index is 2.10. The van der Waals surface area contributed by atoms with Crippen LogP contribution in [-0.2, 0) is 16.2 Å². The molecule has 2 aromatic carbocycles. The normalized spacial score (nSPS) is 12.2. The molecule has 0 aliphatic carbocycles. The summed E-state index contributed by atoms with van der Waals surface area (Å²) >= 11 is 0.